The van der Waals surface area contributed by atoms with Crippen molar-refractivity contribution in [3.8, 4) is 0 Å². The van der Waals surface area contributed by atoms with Gasteiger partial charge in [-0.1, -0.05) is 0 Å². The molecule has 0 saturated carbocycles. The molecule has 69 heteroatoms. The summed E-state index contributed by atoms with van der Waals surface area (Å²) in [6.45, 7) is -2.34. The Balaban J connectivity index is 8.53. The first-order chi connectivity index (χ1) is 44.0. The van der Waals surface area contributed by atoms with Crippen molar-refractivity contribution in [2.45, 2.75) is 203 Å². The van der Waals surface area contributed by atoms with Gasteiger partial charge >= 0.3 is 202 Å². The summed E-state index contributed by atoms with van der Waals surface area (Å²) in [6.07, 6.45) is -17.3. The van der Waals surface area contributed by atoms with E-state index in [1.807, 2.05) is 0 Å². The van der Waals surface area contributed by atoms with Crippen LogP contribution in [0.2, 0.25) is 0 Å². The van der Waals surface area contributed by atoms with E-state index >= 15 is 0 Å². The fraction of sp³-hybridized carbons (Fsp3) is 0.972. The molecule has 0 bridgehead atoms. The predicted molar refractivity (Wildman–Crippen MR) is 181 cm³/mol. The number of ether oxygens (including phenoxy) is 1. The van der Waals surface area contributed by atoms with Gasteiger partial charge < -0.3 is 4.74 Å². The Hall–Kier alpha value is -5.22. The average Bonchev–Trinajstić information content (AvgIpc) is 0.678. The third-order valence-electron chi connectivity index (χ3n) is 13.2. The van der Waals surface area contributed by atoms with Gasteiger partial charge in [0.1, 0.15) is 0 Å². The summed E-state index contributed by atoms with van der Waals surface area (Å²) in [6, 6.07) is 0. The molecule has 1 unspecified atom stereocenters. The van der Waals surface area contributed by atoms with Crippen LogP contribution in [0.25, 0.3) is 0 Å². The third kappa shape index (κ3) is 10.9. The molecule has 0 aromatic heterocycles. The third-order valence-corrected chi connectivity index (χ3v) is 13.2. The number of halogens is 67. The van der Waals surface area contributed by atoms with Gasteiger partial charge in [0.25, 0.3) is 0 Å². The molecule has 0 spiro atoms. The van der Waals surface area contributed by atoms with Gasteiger partial charge in [0.2, 0.25) is 0 Å². The Kier molecular flexibility index (Phi) is 22.9. The largest absolute Gasteiger partial charge is 0.463 e. The van der Waals surface area contributed by atoms with Gasteiger partial charge in [-0.25, -0.2) is 9.18 Å². The number of rotatable bonds is 32. The Bertz CT molecular complexity index is 3130. The fourth-order valence-corrected chi connectivity index (χ4v) is 6.57. The Morgan fingerprint density at radius 3 is 0.314 bits per heavy atom. The average molecular weight is 1740 g/mol. The van der Waals surface area contributed by atoms with E-state index < -0.39 is 208 Å². The smallest absolute Gasteiger partial charge is 0.460 e. The minimum absolute atomic E-state index is 0.116. The van der Waals surface area contributed by atoms with E-state index in [4.69, 9.17) is 0 Å². The lowest BCUT2D eigenvalue weighted by Crippen LogP contribution is -2.81. The minimum atomic E-state index is -11.4. The lowest BCUT2D eigenvalue weighted by atomic mass is 9.80. The van der Waals surface area contributed by atoms with Crippen molar-refractivity contribution < 1.29 is 304 Å². The van der Waals surface area contributed by atoms with Gasteiger partial charge in [0.05, 0.1) is 6.61 Å². The van der Waals surface area contributed by atoms with Crippen LogP contribution in [-0.4, -0.2) is 208 Å². The summed E-state index contributed by atoms with van der Waals surface area (Å²) < 4.78 is 942. The first-order valence-electron chi connectivity index (χ1n) is 22.3. The highest BCUT2D eigenvalue weighted by atomic mass is 19.5. The van der Waals surface area contributed by atoms with Gasteiger partial charge in [-0.2, -0.15) is 290 Å². The molecule has 105 heavy (non-hydrogen) atoms. The lowest BCUT2D eigenvalue weighted by molar-refractivity contribution is -0.501. The van der Waals surface area contributed by atoms with Crippen molar-refractivity contribution >= 4 is 5.97 Å². The number of esters is 1. The molecule has 0 radical (unpaired) electrons. The molecule has 0 N–H and O–H groups in total. The van der Waals surface area contributed by atoms with E-state index in [0.29, 0.717) is 0 Å². The van der Waals surface area contributed by atoms with Crippen LogP contribution in [-0.2, 0) is 9.53 Å². The van der Waals surface area contributed by atoms with Crippen LogP contribution < -0.4 is 0 Å². The Labute approximate surface area is 520 Å². The molecule has 0 saturated heterocycles. The standard InChI is InChI=1S/C36H5F67O2/c1-2-105-3(104)4(37,35(98,99)100)5(38,39)6(40,41)7(42,43)8(44,45)9(46,47)10(48,49)11(50,51)12(52,53)13(54,55)14(56,57)15(58,59)16(60,61)17(62,63)18(64,65)19(66,67)20(68,69)21(70,71)22(72,73)23(74,75)24(76,77)25(78,79)26(80,81)27(82,83)28(84,85)29(86,87)30(88,89)31(90,91)32(92,93)33(94,95)34(96,97)36(101,102)103/h2H2,1H3. The van der Waals surface area contributed by atoms with Crippen LogP contribution in [0.1, 0.15) is 6.92 Å². The maximum absolute atomic E-state index is 14.4. The number of carbonyl (C=O) groups is 1. The van der Waals surface area contributed by atoms with Gasteiger partial charge in [-0.05, 0) is 6.92 Å². The van der Waals surface area contributed by atoms with Gasteiger partial charge in [-0.3, -0.25) is 0 Å². The first kappa shape index (κ1) is 99.8. The van der Waals surface area contributed by atoms with Crippen LogP contribution in [0.3, 0.4) is 0 Å². The first-order valence-corrected chi connectivity index (χ1v) is 22.3. The van der Waals surface area contributed by atoms with Crippen molar-refractivity contribution in [2.24, 2.45) is 0 Å². The fourth-order valence-electron chi connectivity index (χ4n) is 6.57. The highest BCUT2D eigenvalue weighted by molar-refractivity contribution is 5.82. The molecule has 2 nitrogen and oxygen atoms in total. The zero-order valence-electron chi connectivity index (χ0n) is 44.8. The summed E-state index contributed by atoms with van der Waals surface area (Å²) >= 11 is 0. The highest BCUT2D eigenvalue weighted by Gasteiger charge is 3.07. The maximum atomic E-state index is 14.4. The van der Waals surface area contributed by atoms with Crippen molar-refractivity contribution in [3.63, 3.8) is 0 Å². The summed E-state index contributed by atoms with van der Waals surface area (Å²) in [5, 5.41) is 0. The van der Waals surface area contributed by atoms with E-state index in [-0.39, 0.29) is 6.92 Å². The second-order valence-corrected chi connectivity index (χ2v) is 19.6. The zero-order chi connectivity index (χ0) is 87.5. The summed E-state index contributed by atoms with van der Waals surface area (Å²) in [4.78, 5) is 11.2. The second kappa shape index (κ2) is 24.1. The molecule has 1 atom stereocenters. The molecular formula is C36H5F67O2. The summed E-state index contributed by atoms with van der Waals surface area (Å²) in [7, 11) is 0. The van der Waals surface area contributed by atoms with Crippen molar-refractivity contribution in [1.29, 1.82) is 0 Å². The van der Waals surface area contributed by atoms with Crippen molar-refractivity contribution in [1.82, 2.24) is 0 Å². The normalized spacial score (nSPS) is 17.9. The Morgan fingerprint density at radius 2 is 0.238 bits per heavy atom. The number of hydrogen-bond acceptors (Lipinski definition) is 2. The van der Waals surface area contributed by atoms with E-state index in [1.165, 1.54) is 0 Å². The summed E-state index contributed by atoms with van der Waals surface area (Å²) in [5.41, 5.74) is -8.66. The molecule has 0 aromatic rings. The van der Waals surface area contributed by atoms with Crippen LogP contribution in [0.4, 0.5) is 294 Å². The van der Waals surface area contributed by atoms with Crippen LogP contribution >= 0.6 is 0 Å². The van der Waals surface area contributed by atoms with Crippen molar-refractivity contribution in [2.75, 3.05) is 6.61 Å². The molecule has 0 aliphatic rings. The molecule has 0 rings (SSSR count). The van der Waals surface area contributed by atoms with Crippen LogP contribution in [0.5, 0.6) is 0 Å². The molecule has 0 aliphatic heterocycles. The topological polar surface area (TPSA) is 26.3 Å². The molecule has 0 aliphatic carbocycles. The summed E-state index contributed by atoms with van der Waals surface area (Å²) in [5.74, 6) is -332. The highest BCUT2D eigenvalue weighted by Crippen LogP contribution is 2.75. The monoisotopic (exact) mass is 1740 g/mol. The van der Waals surface area contributed by atoms with E-state index in [1.54, 1.807) is 0 Å². The quantitative estimate of drug-likeness (QED) is 0.0496. The lowest BCUT2D eigenvalue weighted by Gasteiger charge is -2.48. The molecule has 0 amide bonds. The van der Waals surface area contributed by atoms with Gasteiger partial charge in [-0.15, -0.1) is 0 Å². The van der Waals surface area contributed by atoms with Crippen LogP contribution in [0, 0.1) is 0 Å². The molecular weight excluding hydrogens is 1740 g/mol. The van der Waals surface area contributed by atoms with E-state index in [9.17, 15) is 299 Å². The second-order valence-electron chi connectivity index (χ2n) is 19.6. The van der Waals surface area contributed by atoms with E-state index in [2.05, 4.69) is 4.74 Å². The molecule has 0 fully saturated rings. The minimum Gasteiger partial charge on any atom is -0.463 e. The number of hydrogen-bond donors (Lipinski definition) is 0. The number of carbonyl (C=O) groups excluding carboxylic acids is 1. The van der Waals surface area contributed by atoms with E-state index in [0.717, 1.165) is 0 Å². The maximum Gasteiger partial charge on any atom is 0.460 e. The molecule has 0 heterocycles. The zero-order valence-corrected chi connectivity index (χ0v) is 44.8. The Morgan fingerprint density at radius 1 is 0.152 bits per heavy atom. The SMILES string of the molecule is CCOC(=O)C(F)(C(F)(F)F)C(F)(F)C(F)(F)C(F)(F)C(F)(F)C(F)(F)C(F)(F)C(F)(F)C(F)(F)C(F)(F)C(F)(F)C(F)(F)C(F)(F)C(F)(F)C(F)(F)C(F)(F)C(F)(F)C(F)(F)C(F)(F)C(F)(F)C(F)(F)C(F)(F)C(F)(F)C(F)(F)C(F)(F)C(F)(F)C(F)(F)C(F)(F)C(F)(F)C(F)(F)C(F)(F)C(F)(F)F. The van der Waals surface area contributed by atoms with Gasteiger partial charge in [0, 0.05) is 0 Å². The molecule has 0 aromatic carbocycles. The van der Waals surface area contributed by atoms with Crippen molar-refractivity contribution in [3.05, 3.63) is 0 Å². The number of alkyl halides is 67. The predicted octanol–water partition coefficient (Wildman–Crippen LogP) is 21.4. The van der Waals surface area contributed by atoms with Gasteiger partial charge in [0.15, 0.2) is 0 Å². The molecule has 630 valence electrons. The van der Waals surface area contributed by atoms with Crippen LogP contribution in [0.15, 0.2) is 0 Å².